The number of nitrogens with one attached hydrogen (secondary N) is 1. The molecule has 6 nitrogen and oxygen atoms in total. The van der Waals surface area contributed by atoms with Crippen molar-refractivity contribution in [3.63, 3.8) is 0 Å². The number of carbonyl (C=O) groups is 2. The van der Waals surface area contributed by atoms with E-state index in [1.165, 1.54) is 11.3 Å². The van der Waals surface area contributed by atoms with E-state index in [1.54, 1.807) is 10.9 Å². The summed E-state index contributed by atoms with van der Waals surface area (Å²) in [5.74, 6) is -0.913. The van der Waals surface area contributed by atoms with Crippen molar-refractivity contribution in [1.29, 1.82) is 0 Å². The number of carbonyl (C=O) groups excluding carboxylic acids is 2. The van der Waals surface area contributed by atoms with Gasteiger partial charge < -0.3 is 10.1 Å². The molecule has 0 aliphatic rings. The number of hydrogen-bond donors (Lipinski definition) is 1. The van der Waals surface area contributed by atoms with Crippen molar-refractivity contribution in [1.82, 2.24) is 15.1 Å². The van der Waals surface area contributed by atoms with Gasteiger partial charge in [-0.1, -0.05) is 41.9 Å². The molecule has 1 amide bonds. The van der Waals surface area contributed by atoms with Gasteiger partial charge in [-0.3, -0.25) is 9.59 Å². The molecule has 8 heteroatoms. The fourth-order valence-corrected chi connectivity index (χ4v) is 4.21. The second kappa shape index (κ2) is 8.46. The van der Waals surface area contributed by atoms with E-state index in [2.05, 4.69) is 10.4 Å². The lowest BCUT2D eigenvalue weighted by atomic mass is 10.2. The number of thiophene rings is 1. The minimum Gasteiger partial charge on any atom is -0.460 e. The molecule has 0 aliphatic carbocycles. The lowest BCUT2D eigenvalue weighted by Crippen LogP contribution is -2.30. The standard InChI is InChI=1S/C21H16ClN3O3S/c22-19-16-4-1-2-5-17(16)29-20(19)21(27)23-12-18(26)28-13-14-6-8-15(9-7-14)25-11-3-10-24-25/h1-11H,12-13H2,(H,23,27). The molecule has 146 valence electrons. The average Bonchev–Trinajstić information content (AvgIpc) is 3.40. The molecule has 0 aliphatic heterocycles. The fourth-order valence-electron chi connectivity index (χ4n) is 2.77. The van der Waals surface area contributed by atoms with Crippen LogP contribution in [-0.4, -0.2) is 28.2 Å². The molecular formula is C21H16ClN3O3S. The highest BCUT2D eigenvalue weighted by Gasteiger charge is 2.17. The van der Waals surface area contributed by atoms with Gasteiger partial charge in [-0.2, -0.15) is 5.10 Å². The van der Waals surface area contributed by atoms with Crippen LogP contribution >= 0.6 is 22.9 Å². The number of nitrogens with zero attached hydrogens (tertiary/aromatic N) is 2. The van der Waals surface area contributed by atoms with E-state index in [9.17, 15) is 9.59 Å². The second-order valence-electron chi connectivity index (χ2n) is 6.20. The SMILES string of the molecule is O=C(CNC(=O)c1sc2ccccc2c1Cl)OCc1ccc(-n2cccn2)cc1. The maximum absolute atomic E-state index is 12.4. The molecule has 0 fully saturated rings. The number of hydrogen-bond acceptors (Lipinski definition) is 5. The lowest BCUT2D eigenvalue weighted by Gasteiger charge is -2.07. The molecule has 0 radical (unpaired) electrons. The Hall–Kier alpha value is -3.16. The Labute approximate surface area is 175 Å². The summed E-state index contributed by atoms with van der Waals surface area (Å²) in [6.07, 6.45) is 3.55. The summed E-state index contributed by atoms with van der Waals surface area (Å²) in [5, 5.41) is 7.95. The number of rotatable bonds is 6. The topological polar surface area (TPSA) is 73.2 Å². The number of esters is 1. The Morgan fingerprint density at radius 1 is 1.10 bits per heavy atom. The zero-order valence-corrected chi connectivity index (χ0v) is 16.7. The van der Waals surface area contributed by atoms with Crippen molar-refractivity contribution >= 4 is 44.9 Å². The Bertz CT molecular complexity index is 1150. The molecule has 0 spiro atoms. The number of ether oxygens (including phenoxy) is 1. The van der Waals surface area contributed by atoms with Gasteiger partial charge in [-0.25, -0.2) is 4.68 Å². The highest BCUT2D eigenvalue weighted by molar-refractivity contribution is 7.21. The van der Waals surface area contributed by atoms with Gasteiger partial charge in [0.25, 0.3) is 5.91 Å². The summed E-state index contributed by atoms with van der Waals surface area (Å²) >= 11 is 7.58. The first-order valence-electron chi connectivity index (χ1n) is 8.81. The van der Waals surface area contributed by atoms with Crippen molar-refractivity contribution in [3.05, 3.63) is 82.5 Å². The van der Waals surface area contributed by atoms with Crippen LogP contribution < -0.4 is 5.32 Å². The van der Waals surface area contributed by atoms with Crippen LogP contribution in [0.1, 0.15) is 15.2 Å². The normalized spacial score (nSPS) is 10.8. The van der Waals surface area contributed by atoms with Gasteiger partial charge in [-0.05, 0) is 29.8 Å². The van der Waals surface area contributed by atoms with Gasteiger partial charge in [0.05, 0.1) is 10.7 Å². The van der Waals surface area contributed by atoms with Gasteiger partial charge in [0.15, 0.2) is 0 Å². The van der Waals surface area contributed by atoms with Crippen LogP contribution in [0.4, 0.5) is 0 Å². The van der Waals surface area contributed by atoms with Crippen LogP contribution in [0.2, 0.25) is 5.02 Å². The Morgan fingerprint density at radius 3 is 2.62 bits per heavy atom. The molecule has 2 aromatic heterocycles. The number of benzene rings is 2. The van der Waals surface area contributed by atoms with Gasteiger partial charge in [-0.15, -0.1) is 11.3 Å². The zero-order chi connectivity index (χ0) is 20.2. The van der Waals surface area contributed by atoms with Crippen molar-refractivity contribution in [2.24, 2.45) is 0 Å². The quantitative estimate of drug-likeness (QED) is 0.469. The van der Waals surface area contributed by atoms with Crippen molar-refractivity contribution < 1.29 is 14.3 Å². The van der Waals surface area contributed by atoms with Gasteiger partial charge >= 0.3 is 5.97 Å². The van der Waals surface area contributed by atoms with Crippen LogP contribution in [0.3, 0.4) is 0 Å². The summed E-state index contributed by atoms with van der Waals surface area (Å²) in [7, 11) is 0. The van der Waals surface area contributed by atoms with E-state index in [0.29, 0.717) is 9.90 Å². The van der Waals surface area contributed by atoms with Gasteiger partial charge in [0.2, 0.25) is 0 Å². The maximum atomic E-state index is 12.4. The molecule has 29 heavy (non-hydrogen) atoms. The third kappa shape index (κ3) is 4.31. The summed E-state index contributed by atoms with van der Waals surface area (Å²) in [6.45, 7) is -0.105. The van der Waals surface area contributed by atoms with E-state index in [0.717, 1.165) is 21.3 Å². The summed E-state index contributed by atoms with van der Waals surface area (Å²) in [5.41, 5.74) is 1.76. The second-order valence-corrected chi connectivity index (χ2v) is 7.63. The van der Waals surface area contributed by atoms with Gasteiger partial charge in [0, 0.05) is 22.5 Å². The van der Waals surface area contributed by atoms with Crippen molar-refractivity contribution in [3.8, 4) is 5.69 Å². The first-order valence-corrected chi connectivity index (χ1v) is 10.0. The largest absolute Gasteiger partial charge is 0.460 e. The van der Waals surface area contributed by atoms with E-state index in [4.69, 9.17) is 16.3 Å². The Kier molecular flexibility index (Phi) is 5.59. The van der Waals surface area contributed by atoms with Crippen molar-refractivity contribution in [2.45, 2.75) is 6.61 Å². The number of aromatic nitrogens is 2. The predicted molar refractivity (Wildman–Crippen MR) is 113 cm³/mol. The molecular weight excluding hydrogens is 410 g/mol. The van der Waals surface area contributed by atoms with Crippen LogP contribution in [0.25, 0.3) is 15.8 Å². The minimum absolute atomic E-state index is 0.123. The minimum atomic E-state index is -0.522. The van der Waals surface area contributed by atoms with Crippen LogP contribution in [0.15, 0.2) is 67.0 Å². The van der Waals surface area contributed by atoms with Crippen LogP contribution in [-0.2, 0) is 16.1 Å². The number of fused-ring (bicyclic) bond motifs is 1. The monoisotopic (exact) mass is 425 g/mol. The summed E-state index contributed by atoms with van der Waals surface area (Å²) < 4.78 is 7.89. The maximum Gasteiger partial charge on any atom is 0.325 e. The van der Waals surface area contributed by atoms with E-state index in [1.807, 2.05) is 60.8 Å². The van der Waals surface area contributed by atoms with Crippen molar-refractivity contribution in [2.75, 3.05) is 6.54 Å². The van der Waals surface area contributed by atoms with E-state index >= 15 is 0 Å². The smallest absolute Gasteiger partial charge is 0.325 e. The molecule has 0 bridgehead atoms. The first kappa shape index (κ1) is 19.2. The molecule has 4 rings (SSSR count). The van der Waals surface area contributed by atoms with E-state index in [-0.39, 0.29) is 13.2 Å². The number of halogens is 1. The van der Waals surface area contributed by atoms with E-state index < -0.39 is 11.9 Å². The average molecular weight is 426 g/mol. The predicted octanol–water partition coefficient (Wildman–Crippen LogP) is 4.21. The zero-order valence-electron chi connectivity index (χ0n) is 15.2. The third-order valence-corrected chi connectivity index (χ3v) is 5.91. The third-order valence-electron chi connectivity index (χ3n) is 4.24. The Morgan fingerprint density at radius 2 is 1.90 bits per heavy atom. The summed E-state index contributed by atoms with van der Waals surface area (Å²) in [6, 6.07) is 16.8. The lowest BCUT2D eigenvalue weighted by molar-refractivity contribution is -0.143. The molecule has 2 heterocycles. The Balaban J connectivity index is 1.29. The highest BCUT2D eigenvalue weighted by Crippen LogP contribution is 2.34. The molecule has 1 N–H and O–H groups in total. The number of amides is 1. The molecule has 0 saturated carbocycles. The fraction of sp³-hybridized carbons (Fsp3) is 0.0952. The molecule has 0 atom stereocenters. The highest BCUT2D eigenvalue weighted by atomic mass is 35.5. The van der Waals surface area contributed by atoms with Gasteiger partial charge in [0.1, 0.15) is 18.0 Å². The molecule has 4 aromatic rings. The molecule has 0 saturated heterocycles. The van der Waals surface area contributed by atoms with Crippen LogP contribution in [0, 0.1) is 0 Å². The molecule has 0 unspecified atom stereocenters. The van der Waals surface area contributed by atoms with Crippen LogP contribution in [0.5, 0.6) is 0 Å². The summed E-state index contributed by atoms with van der Waals surface area (Å²) in [4.78, 5) is 24.7. The molecule has 2 aromatic carbocycles. The first-order chi connectivity index (χ1) is 14.1.